The number of rotatable bonds is 7. The van der Waals surface area contributed by atoms with E-state index in [0.29, 0.717) is 30.1 Å². The molecule has 1 aromatic carbocycles. The highest BCUT2D eigenvalue weighted by Crippen LogP contribution is 2.28. The minimum Gasteiger partial charge on any atom is -0.495 e. The summed E-state index contributed by atoms with van der Waals surface area (Å²) in [5, 5.41) is 6.02. The van der Waals surface area contributed by atoms with Gasteiger partial charge < -0.3 is 25.2 Å². The number of methoxy groups -OCH3 is 1. The third-order valence-corrected chi connectivity index (χ3v) is 4.93. The largest absolute Gasteiger partial charge is 0.495 e. The first-order chi connectivity index (χ1) is 12.6. The van der Waals surface area contributed by atoms with E-state index >= 15 is 0 Å². The van der Waals surface area contributed by atoms with Gasteiger partial charge in [-0.1, -0.05) is 0 Å². The molecule has 7 nitrogen and oxygen atoms in total. The summed E-state index contributed by atoms with van der Waals surface area (Å²) in [6.07, 6.45) is 2.50. The molecule has 1 saturated heterocycles. The fraction of sp³-hybridized carbons (Fsp3) is 0.579. The fourth-order valence-corrected chi connectivity index (χ4v) is 3.04. The van der Waals surface area contributed by atoms with Crippen LogP contribution in [0.4, 0.5) is 5.69 Å². The van der Waals surface area contributed by atoms with Crippen LogP contribution < -0.4 is 15.4 Å². The van der Waals surface area contributed by atoms with Crippen molar-refractivity contribution < 1.29 is 14.3 Å². The van der Waals surface area contributed by atoms with Crippen molar-refractivity contribution in [2.24, 2.45) is 5.92 Å². The van der Waals surface area contributed by atoms with Gasteiger partial charge in [-0.2, -0.15) is 0 Å². The number of ether oxygens (including phenoxy) is 1. The summed E-state index contributed by atoms with van der Waals surface area (Å²) >= 11 is 0. The standard InChI is InChI=1S/C19H28N4O3/c1-22-7-9-23(10-8-22)19(25)15-5-6-17(26-2)16(11-15)21-18(24)13-20-12-14-3-4-14/h5-6,11,14,20H,3-4,7-10,12-13H2,1-2H3,(H,21,24). The van der Waals surface area contributed by atoms with Crippen LogP contribution in [0, 0.1) is 5.92 Å². The van der Waals surface area contributed by atoms with Crippen molar-refractivity contribution in [3.63, 3.8) is 0 Å². The van der Waals surface area contributed by atoms with Gasteiger partial charge in [-0.25, -0.2) is 0 Å². The van der Waals surface area contributed by atoms with E-state index in [1.165, 1.54) is 12.8 Å². The molecular weight excluding hydrogens is 332 g/mol. The van der Waals surface area contributed by atoms with Gasteiger partial charge in [0.25, 0.3) is 5.91 Å². The number of benzene rings is 1. The van der Waals surface area contributed by atoms with Crippen LogP contribution in [0.25, 0.3) is 0 Å². The summed E-state index contributed by atoms with van der Waals surface area (Å²) in [5.74, 6) is 1.13. The average Bonchev–Trinajstić information content (AvgIpc) is 3.46. The monoisotopic (exact) mass is 360 g/mol. The molecule has 2 aliphatic rings. The van der Waals surface area contributed by atoms with Crippen LogP contribution in [0.5, 0.6) is 5.75 Å². The lowest BCUT2D eigenvalue weighted by Gasteiger charge is -2.32. The van der Waals surface area contributed by atoms with E-state index in [-0.39, 0.29) is 18.4 Å². The van der Waals surface area contributed by atoms with Gasteiger partial charge in [0.15, 0.2) is 0 Å². The van der Waals surface area contributed by atoms with Crippen LogP contribution >= 0.6 is 0 Å². The quantitative estimate of drug-likeness (QED) is 0.760. The number of piperazine rings is 1. The van der Waals surface area contributed by atoms with Gasteiger partial charge in [-0.15, -0.1) is 0 Å². The molecule has 3 rings (SSSR count). The Bertz CT molecular complexity index is 652. The molecule has 1 aliphatic heterocycles. The Morgan fingerprint density at radius 2 is 1.92 bits per heavy atom. The first kappa shape index (κ1) is 18.7. The van der Waals surface area contributed by atoms with Crippen molar-refractivity contribution in [1.82, 2.24) is 15.1 Å². The molecule has 2 fully saturated rings. The van der Waals surface area contributed by atoms with Crippen molar-refractivity contribution in [2.75, 3.05) is 58.7 Å². The zero-order valence-corrected chi connectivity index (χ0v) is 15.6. The van der Waals surface area contributed by atoms with E-state index in [4.69, 9.17) is 4.74 Å². The number of nitrogens with one attached hydrogen (secondary N) is 2. The van der Waals surface area contributed by atoms with E-state index < -0.39 is 0 Å². The minimum absolute atomic E-state index is 0.0110. The topological polar surface area (TPSA) is 73.9 Å². The molecule has 142 valence electrons. The number of hydrogen-bond acceptors (Lipinski definition) is 5. The smallest absolute Gasteiger partial charge is 0.254 e. The normalized spacial score (nSPS) is 17.8. The SMILES string of the molecule is COc1ccc(C(=O)N2CCN(C)CC2)cc1NC(=O)CNCC1CC1. The Balaban J connectivity index is 1.63. The van der Waals surface area contributed by atoms with Gasteiger partial charge in [-0.3, -0.25) is 9.59 Å². The zero-order chi connectivity index (χ0) is 18.5. The van der Waals surface area contributed by atoms with Crippen LogP contribution in [0.1, 0.15) is 23.2 Å². The second kappa shape index (κ2) is 8.51. The molecule has 7 heteroatoms. The number of anilines is 1. The minimum atomic E-state index is -0.131. The van der Waals surface area contributed by atoms with Crippen molar-refractivity contribution in [2.45, 2.75) is 12.8 Å². The molecule has 0 spiro atoms. The number of likely N-dealkylation sites (N-methyl/N-ethyl adjacent to an activating group) is 1. The first-order valence-electron chi connectivity index (χ1n) is 9.23. The second-order valence-corrected chi connectivity index (χ2v) is 7.13. The molecule has 0 radical (unpaired) electrons. The molecule has 2 N–H and O–H groups in total. The maximum absolute atomic E-state index is 12.7. The summed E-state index contributed by atoms with van der Waals surface area (Å²) in [6, 6.07) is 5.19. The molecule has 0 unspecified atom stereocenters. The van der Waals surface area contributed by atoms with E-state index in [9.17, 15) is 9.59 Å². The highest BCUT2D eigenvalue weighted by molar-refractivity contribution is 5.98. The fourth-order valence-electron chi connectivity index (χ4n) is 3.04. The summed E-state index contributed by atoms with van der Waals surface area (Å²) in [7, 11) is 3.61. The molecule has 1 saturated carbocycles. The number of hydrogen-bond donors (Lipinski definition) is 2. The van der Waals surface area contributed by atoms with Gasteiger partial charge >= 0.3 is 0 Å². The third-order valence-electron chi connectivity index (χ3n) is 4.93. The van der Waals surface area contributed by atoms with Gasteiger partial charge in [-0.05, 0) is 50.6 Å². The lowest BCUT2D eigenvalue weighted by atomic mass is 10.1. The van der Waals surface area contributed by atoms with Gasteiger partial charge in [0.2, 0.25) is 5.91 Å². The van der Waals surface area contributed by atoms with Crippen molar-refractivity contribution in [3.8, 4) is 5.75 Å². The highest BCUT2D eigenvalue weighted by atomic mass is 16.5. The number of nitrogens with zero attached hydrogens (tertiary/aromatic N) is 2. The molecule has 0 bridgehead atoms. The van der Waals surface area contributed by atoms with Crippen LogP contribution in [-0.2, 0) is 4.79 Å². The molecule has 1 heterocycles. The Morgan fingerprint density at radius 3 is 2.58 bits per heavy atom. The molecular formula is C19H28N4O3. The van der Waals surface area contributed by atoms with E-state index in [1.54, 1.807) is 25.3 Å². The van der Waals surface area contributed by atoms with Crippen LogP contribution in [0.15, 0.2) is 18.2 Å². The number of amides is 2. The third kappa shape index (κ3) is 4.95. The molecule has 2 amide bonds. The molecule has 1 aromatic rings. The van der Waals surface area contributed by atoms with Gasteiger partial charge in [0.05, 0.1) is 19.3 Å². The Morgan fingerprint density at radius 1 is 1.19 bits per heavy atom. The van der Waals surface area contributed by atoms with E-state index in [1.807, 2.05) is 4.90 Å². The molecule has 0 atom stereocenters. The van der Waals surface area contributed by atoms with Crippen LogP contribution in [-0.4, -0.2) is 75.0 Å². The maximum Gasteiger partial charge on any atom is 0.254 e. The number of carbonyl (C=O) groups is 2. The average molecular weight is 360 g/mol. The predicted molar refractivity (Wildman–Crippen MR) is 101 cm³/mol. The Kier molecular flexibility index (Phi) is 6.11. The highest BCUT2D eigenvalue weighted by Gasteiger charge is 2.22. The zero-order valence-electron chi connectivity index (χ0n) is 15.6. The van der Waals surface area contributed by atoms with Gasteiger partial charge in [0.1, 0.15) is 5.75 Å². The van der Waals surface area contributed by atoms with Crippen molar-refractivity contribution in [1.29, 1.82) is 0 Å². The lowest BCUT2D eigenvalue weighted by Crippen LogP contribution is -2.47. The Hall–Kier alpha value is -2.12. The lowest BCUT2D eigenvalue weighted by molar-refractivity contribution is -0.115. The van der Waals surface area contributed by atoms with E-state index in [2.05, 4.69) is 22.6 Å². The molecule has 26 heavy (non-hydrogen) atoms. The first-order valence-corrected chi connectivity index (χ1v) is 9.23. The maximum atomic E-state index is 12.7. The van der Waals surface area contributed by atoms with Crippen molar-refractivity contribution >= 4 is 17.5 Å². The summed E-state index contributed by atoms with van der Waals surface area (Å²) in [6.45, 7) is 4.32. The van der Waals surface area contributed by atoms with E-state index in [0.717, 1.165) is 25.6 Å². The summed E-state index contributed by atoms with van der Waals surface area (Å²) in [4.78, 5) is 29.0. The second-order valence-electron chi connectivity index (χ2n) is 7.13. The predicted octanol–water partition coefficient (Wildman–Crippen LogP) is 1.02. The Labute approximate surface area is 154 Å². The van der Waals surface area contributed by atoms with Gasteiger partial charge in [0, 0.05) is 31.7 Å². The molecule has 0 aromatic heterocycles. The number of carbonyl (C=O) groups excluding carboxylic acids is 2. The van der Waals surface area contributed by atoms with Crippen LogP contribution in [0.2, 0.25) is 0 Å². The molecule has 1 aliphatic carbocycles. The van der Waals surface area contributed by atoms with Crippen molar-refractivity contribution in [3.05, 3.63) is 23.8 Å². The summed E-state index contributed by atoms with van der Waals surface area (Å²) < 4.78 is 5.33. The summed E-state index contributed by atoms with van der Waals surface area (Å²) in [5.41, 5.74) is 1.10. The van der Waals surface area contributed by atoms with Crippen LogP contribution in [0.3, 0.4) is 0 Å².